The Balaban J connectivity index is 1.36. The van der Waals surface area contributed by atoms with Crippen molar-refractivity contribution in [3.8, 4) is 5.75 Å². The van der Waals surface area contributed by atoms with Crippen LogP contribution in [0.4, 0.5) is 9.18 Å². The van der Waals surface area contributed by atoms with Gasteiger partial charge in [0.05, 0.1) is 12.8 Å². The van der Waals surface area contributed by atoms with Gasteiger partial charge in [-0.3, -0.25) is 4.68 Å². The Morgan fingerprint density at radius 2 is 2.19 bits per heavy atom. The molecule has 1 saturated heterocycles. The van der Waals surface area contributed by atoms with Gasteiger partial charge in [0.15, 0.2) is 0 Å². The molecule has 8 heteroatoms. The minimum absolute atomic E-state index is 0.0323. The number of rotatable bonds is 7. The maximum absolute atomic E-state index is 12.9. The van der Waals surface area contributed by atoms with Crippen molar-refractivity contribution >= 4 is 6.03 Å². The van der Waals surface area contributed by atoms with Crippen LogP contribution < -0.4 is 10.1 Å². The number of hydrogen-bond acceptors (Lipinski definition) is 4. The number of benzene rings is 1. The Morgan fingerprint density at radius 3 is 2.96 bits per heavy atom. The molecular formula is C18H24FN5O2. The van der Waals surface area contributed by atoms with E-state index >= 15 is 0 Å². The van der Waals surface area contributed by atoms with Crippen molar-refractivity contribution in [3.05, 3.63) is 42.5 Å². The molecule has 2 heterocycles. The number of carbonyl (C=O) groups is 1. The van der Waals surface area contributed by atoms with Crippen LogP contribution in [0.3, 0.4) is 0 Å². The summed E-state index contributed by atoms with van der Waals surface area (Å²) in [5.41, 5.74) is 0. The monoisotopic (exact) mass is 361 g/mol. The summed E-state index contributed by atoms with van der Waals surface area (Å²) >= 11 is 0. The van der Waals surface area contributed by atoms with Crippen molar-refractivity contribution in [2.24, 2.45) is 5.92 Å². The first-order chi connectivity index (χ1) is 12.7. The van der Waals surface area contributed by atoms with Crippen LogP contribution in [-0.4, -0.2) is 52.2 Å². The number of halogens is 1. The summed E-state index contributed by atoms with van der Waals surface area (Å²) in [6.45, 7) is 3.31. The van der Waals surface area contributed by atoms with E-state index in [4.69, 9.17) is 4.74 Å². The zero-order chi connectivity index (χ0) is 18.2. The Morgan fingerprint density at radius 1 is 1.35 bits per heavy atom. The fourth-order valence-corrected chi connectivity index (χ4v) is 3.03. The van der Waals surface area contributed by atoms with Crippen LogP contribution in [0, 0.1) is 11.7 Å². The summed E-state index contributed by atoms with van der Waals surface area (Å²) in [5.74, 6) is 0.664. The molecule has 3 rings (SSSR count). The lowest BCUT2D eigenvalue weighted by Gasteiger charge is -2.32. The number of nitrogens with one attached hydrogen (secondary N) is 1. The fraction of sp³-hybridized carbons (Fsp3) is 0.500. The van der Waals surface area contributed by atoms with E-state index in [2.05, 4.69) is 15.6 Å². The summed E-state index contributed by atoms with van der Waals surface area (Å²) in [5, 5.41) is 10.6. The third-order valence-corrected chi connectivity index (χ3v) is 4.42. The Labute approximate surface area is 152 Å². The highest BCUT2D eigenvalue weighted by Gasteiger charge is 2.23. The molecular weight excluding hydrogens is 337 g/mol. The summed E-state index contributed by atoms with van der Waals surface area (Å²) in [6, 6.07) is 5.98. The molecule has 26 heavy (non-hydrogen) atoms. The Hall–Kier alpha value is -2.64. The van der Waals surface area contributed by atoms with Crippen molar-refractivity contribution in [2.75, 3.05) is 26.2 Å². The Bertz CT molecular complexity index is 677. The van der Waals surface area contributed by atoms with E-state index in [1.807, 2.05) is 4.90 Å². The molecule has 0 aliphatic carbocycles. The minimum Gasteiger partial charge on any atom is -0.493 e. The zero-order valence-corrected chi connectivity index (χ0v) is 14.7. The highest BCUT2D eigenvalue weighted by atomic mass is 19.1. The maximum atomic E-state index is 12.9. The van der Waals surface area contributed by atoms with E-state index in [-0.39, 0.29) is 17.8 Å². The molecule has 1 fully saturated rings. The molecule has 2 amide bonds. The molecule has 0 radical (unpaired) electrons. The number of amides is 2. The lowest BCUT2D eigenvalue weighted by molar-refractivity contribution is 0.137. The molecule has 140 valence electrons. The molecule has 0 bridgehead atoms. The predicted octanol–water partition coefficient (Wildman–Crippen LogP) is 2.31. The van der Waals surface area contributed by atoms with Crippen LogP contribution in [0.5, 0.6) is 5.75 Å². The summed E-state index contributed by atoms with van der Waals surface area (Å²) < 4.78 is 20.4. The quantitative estimate of drug-likeness (QED) is 0.768. The van der Waals surface area contributed by atoms with Crippen LogP contribution in [0.1, 0.15) is 19.3 Å². The number of ether oxygens (including phenoxy) is 1. The SMILES string of the molecule is O=C(NCCCn1ccnn1)N1CCC[C@H](COc2ccc(F)cc2)C1. The normalized spacial score (nSPS) is 17.1. The van der Waals surface area contributed by atoms with Crippen molar-refractivity contribution in [3.63, 3.8) is 0 Å². The van der Waals surface area contributed by atoms with Crippen LogP contribution >= 0.6 is 0 Å². The van der Waals surface area contributed by atoms with E-state index in [0.717, 1.165) is 32.4 Å². The van der Waals surface area contributed by atoms with E-state index in [9.17, 15) is 9.18 Å². The average Bonchev–Trinajstić information content (AvgIpc) is 3.18. The van der Waals surface area contributed by atoms with E-state index < -0.39 is 0 Å². The second kappa shape index (κ2) is 9.17. The molecule has 1 aliphatic heterocycles. The number of carbonyl (C=O) groups excluding carboxylic acids is 1. The molecule has 0 unspecified atom stereocenters. The first-order valence-electron chi connectivity index (χ1n) is 8.96. The standard InChI is InChI=1S/C18H24FN5O2/c19-16-4-6-17(7-5-16)26-14-15-3-1-10-23(13-15)18(25)20-8-2-11-24-12-9-21-22-24/h4-7,9,12,15H,1-3,8,10-11,13-14H2,(H,20,25)/t15-/m0/s1. The van der Waals surface area contributed by atoms with Crippen molar-refractivity contribution in [2.45, 2.75) is 25.8 Å². The highest BCUT2D eigenvalue weighted by Crippen LogP contribution is 2.19. The molecule has 7 nitrogen and oxygen atoms in total. The molecule has 0 spiro atoms. The van der Waals surface area contributed by atoms with Gasteiger partial charge in [0.25, 0.3) is 0 Å². The second-order valence-electron chi connectivity index (χ2n) is 6.47. The van der Waals surface area contributed by atoms with Gasteiger partial charge in [-0.05, 0) is 43.5 Å². The lowest BCUT2D eigenvalue weighted by Crippen LogP contribution is -2.46. The topological polar surface area (TPSA) is 72.3 Å². The lowest BCUT2D eigenvalue weighted by atomic mass is 9.99. The van der Waals surface area contributed by atoms with Crippen LogP contribution in [0.2, 0.25) is 0 Å². The molecule has 1 N–H and O–H groups in total. The van der Waals surface area contributed by atoms with Gasteiger partial charge in [-0.2, -0.15) is 0 Å². The number of likely N-dealkylation sites (tertiary alicyclic amines) is 1. The minimum atomic E-state index is -0.276. The van der Waals surface area contributed by atoms with Gasteiger partial charge in [0.1, 0.15) is 11.6 Å². The first-order valence-corrected chi connectivity index (χ1v) is 8.96. The molecule has 0 saturated carbocycles. The molecule has 1 aliphatic rings. The van der Waals surface area contributed by atoms with Gasteiger partial charge < -0.3 is 15.0 Å². The number of piperidine rings is 1. The zero-order valence-electron chi connectivity index (χ0n) is 14.7. The number of nitrogens with zero attached hydrogens (tertiary/aromatic N) is 4. The van der Waals surface area contributed by atoms with Crippen LogP contribution in [0.25, 0.3) is 0 Å². The van der Waals surface area contributed by atoms with E-state index in [1.165, 1.54) is 12.1 Å². The maximum Gasteiger partial charge on any atom is 0.317 e. The van der Waals surface area contributed by atoms with Crippen molar-refractivity contribution < 1.29 is 13.9 Å². The molecule has 2 aromatic rings. The van der Waals surface area contributed by atoms with E-state index in [1.54, 1.807) is 29.2 Å². The van der Waals surface area contributed by atoms with Gasteiger partial charge in [-0.25, -0.2) is 9.18 Å². The summed E-state index contributed by atoms with van der Waals surface area (Å²) in [6.07, 6.45) is 6.24. The van der Waals surface area contributed by atoms with Crippen LogP contribution in [-0.2, 0) is 6.54 Å². The fourth-order valence-electron chi connectivity index (χ4n) is 3.03. The van der Waals surface area contributed by atoms with E-state index in [0.29, 0.717) is 25.4 Å². The van der Waals surface area contributed by atoms with Crippen molar-refractivity contribution in [1.82, 2.24) is 25.2 Å². The smallest absolute Gasteiger partial charge is 0.317 e. The third-order valence-electron chi connectivity index (χ3n) is 4.42. The summed E-state index contributed by atoms with van der Waals surface area (Å²) in [4.78, 5) is 14.2. The Kier molecular flexibility index (Phi) is 6.40. The number of aryl methyl sites for hydroxylation is 1. The number of aromatic nitrogens is 3. The van der Waals surface area contributed by atoms with Crippen molar-refractivity contribution in [1.29, 1.82) is 0 Å². The number of hydrogen-bond donors (Lipinski definition) is 1. The number of urea groups is 1. The third kappa shape index (κ3) is 5.44. The predicted molar refractivity (Wildman–Crippen MR) is 94.2 cm³/mol. The highest BCUT2D eigenvalue weighted by molar-refractivity contribution is 5.74. The van der Waals surface area contributed by atoms with Gasteiger partial charge in [0.2, 0.25) is 0 Å². The molecule has 1 aromatic heterocycles. The van der Waals surface area contributed by atoms with Gasteiger partial charge in [-0.15, -0.1) is 5.10 Å². The van der Waals surface area contributed by atoms with Gasteiger partial charge >= 0.3 is 6.03 Å². The van der Waals surface area contributed by atoms with Gasteiger partial charge in [0, 0.05) is 38.3 Å². The first kappa shape index (κ1) is 18.2. The molecule has 1 aromatic carbocycles. The average molecular weight is 361 g/mol. The second-order valence-corrected chi connectivity index (χ2v) is 6.47. The van der Waals surface area contributed by atoms with Crippen LogP contribution in [0.15, 0.2) is 36.7 Å². The molecule has 1 atom stereocenters. The largest absolute Gasteiger partial charge is 0.493 e. The van der Waals surface area contributed by atoms with Gasteiger partial charge in [-0.1, -0.05) is 5.21 Å². The summed E-state index contributed by atoms with van der Waals surface area (Å²) in [7, 11) is 0.